The highest BCUT2D eigenvalue weighted by Crippen LogP contribution is 2.21. The Hall–Kier alpha value is -0.940. The molecule has 72 valence electrons. The van der Waals surface area contributed by atoms with Crippen LogP contribution in [-0.4, -0.2) is 28.0 Å². The van der Waals surface area contributed by atoms with Crippen LogP contribution in [0.2, 0.25) is 0 Å². The van der Waals surface area contributed by atoms with Crippen molar-refractivity contribution in [2.45, 2.75) is 19.4 Å². The van der Waals surface area contributed by atoms with Crippen molar-refractivity contribution in [2.24, 2.45) is 0 Å². The maximum atomic E-state index is 11.5. The molecule has 0 fully saturated rings. The summed E-state index contributed by atoms with van der Waals surface area (Å²) in [7, 11) is 1.48. The first kappa shape index (κ1) is 10.1. The Balaban J connectivity index is 2.90. The Morgan fingerprint density at radius 3 is 2.69 bits per heavy atom. The smallest absolute Gasteiger partial charge is 0.225 e. The van der Waals surface area contributed by atoms with E-state index in [2.05, 4.69) is 4.37 Å². The number of carbonyl (C=O) groups excluding carboxylic acids is 1. The van der Waals surface area contributed by atoms with Crippen LogP contribution in [0.1, 0.15) is 23.5 Å². The summed E-state index contributed by atoms with van der Waals surface area (Å²) in [4.78, 5) is 11.9. The lowest BCUT2D eigenvalue weighted by atomic mass is 10.0. The Kier molecular flexibility index (Phi) is 2.68. The fourth-order valence-electron chi connectivity index (χ4n) is 0.764. The fourth-order valence-corrected chi connectivity index (χ4v) is 1.57. The molecule has 5 heteroatoms. The van der Waals surface area contributed by atoms with Crippen LogP contribution in [0.3, 0.4) is 0 Å². The van der Waals surface area contributed by atoms with Crippen molar-refractivity contribution in [3.8, 4) is 5.88 Å². The average molecular weight is 201 g/mol. The van der Waals surface area contributed by atoms with Gasteiger partial charge in [-0.15, -0.1) is 0 Å². The summed E-state index contributed by atoms with van der Waals surface area (Å²) in [5.74, 6) is 0.0610. The maximum Gasteiger partial charge on any atom is 0.225 e. The minimum Gasteiger partial charge on any atom is -0.480 e. The van der Waals surface area contributed by atoms with Gasteiger partial charge in [-0.2, -0.15) is 4.37 Å². The number of rotatable bonds is 3. The van der Waals surface area contributed by atoms with Crippen molar-refractivity contribution in [3.05, 3.63) is 10.9 Å². The van der Waals surface area contributed by atoms with E-state index in [1.165, 1.54) is 27.0 Å². The Morgan fingerprint density at radius 2 is 2.31 bits per heavy atom. The van der Waals surface area contributed by atoms with Crippen molar-refractivity contribution in [1.29, 1.82) is 0 Å². The second-order valence-electron chi connectivity index (χ2n) is 3.12. The third-order valence-corrected chi connectivity index (χ3v) is 2.25. The van der Waals surface area contributed by atoms with Gasteiger partial charge in [0.25, 0.3) is 0 Å². The molecule has 0 aliphatic rings. The summed E-state index contributed by atoms with van der Waals surface area (Å²) in [5.41, 5.74) is -1.35. The third kappa shape index (κ3) is 2.26. The number of aromatic nitrogens is 1. The Morgan fingerprint density at radius 1 is 1.69 bits per heavy atom. The van der Waals surface area contributed by atoms with Crippen LogP contribution < -0.4 is 4.74 Å². The molecule has 1 heterocycles. The molecule has 1 aromatic rings. The molecule has 0 aliphatic heterocycles. The molecule has 0 saturated heterocycles. The second kappa shape index (κ2) is 3.43. The number of carbonyl (C=O) groups is 1. The molecule has 0 aromatic carbocycles. The molecule has 13 heavy (non-hydrogen) atoms. The molecule has 0 atom stereocenters. The van der Waals surface area contributed by atoms with E-state index < -0.39 is 5.60 Å². The molecular formula is C8H11NO3S. The number of methoxy groups -OCH3 is 1. The van der Waals surface area contributed by atoms with Crippen LogP contribution in [0, 0.1) is 0 Å². The summed E-state index contributed by atoms with van der Waals surface area (Å²) < 4.78 is 8.68. The van der Waals surface area contributed by atoms with E-state index in [0.717, 1.165) is 11.5 Å². The van der Waals surface area contributed by atoms with Gasteiger partial charge in [0.2, 0.25) is 11.7 Å². The Labute approximate surface area is 80.3 Å². The van der Waals surface area contributed by atoms with Crippen molar-refractivity contribution >= 4 is 17.3 Å². The zero-order valence-electron chi connectivity index (χ0n) is 7.70. The van der Waals surface area contributed by atoms with Gasteiger partial charge in [-0.3, -0.25) is 4.79 Å². The Bertz CT molecular complexity index is 313. The predicted molar refractivity (Wildman–Crippen MR) is 49.3 cm³/mol. The topological polar surface area (TPSA) is 59.4 Å². The first-order valence-corrected chi connectivity index (χ1v) is 4.50. The highest BCUT2D eigenvalue weighted by molar-refractivity contribution is 7.08. The normalized spacial score (nSPS) is 11.4. The number of hydrogen-bond acceptors (Lipinski definition) is 5. The standard InChI is InChI=1S/C8H11NO3S/c1-8(2,11)7(10)5-4-6(12-3)9-13-5/h4,11H,1-3H3. The lowest BCUT2D eigenvalue weighted by Gasteiger charge is -2.12. The molecule has 0 saturated carbocycles. The van der Waals surface area contributed by atoms with Gasteiger partial charge in [0.05, 0.1) is 12.0 Å². The molecule has 0 unspecified atom stereocenters. The van der Waals surface area contributed by atoms with E-state index in [1.54, 1.807) is 0 Å². The van der Waals surface area contributed by atoms with Crippen LogP contribution in [0.5, 0.6) is 5.88 Å². The molecule has 0 aliphatic carbocycles. The molecule has 1 aromatic heterocycles. The molecule has 0 radical (unpaired) electrons. The summed E-state index contributed by atoms with van der Waals surface area (Å²) in [6, 6.07) is 1.52. The van der Waals surface area contributed by atoms with Gasteiger partial charge in [-0.25, -0.2) is 0 Å². The van der Waals surface area contributed by atoms with E-state index in [9.17, 15) is 9.90 Å². The van der Waals surface area contributed by atoms with Crippen molar-refractivity contribution in [3.63, 3.8) is 0 Å². The van der Waals surface area contributed by atoms with Gasteiger partial charge in [0.15, 0.2) is 0 Å². The lowest BCUT2D eigenvalue weighted by molar-refractivity contribution is 0.0492. The minimum absolute atomic E-state index is 0.340. The minimum atomic E-state index is -1.35. The van der Waals surface area contributed by atoms with E-state index >= 15 is 0 Å². The molecule has 4 nitrogen and oxygen atoms in total. The third-order valence-electron chi connectivity index (χ3n) is 1.48. The summed E-state index contributed by atoms with van der Waals surface area (Å²) in [5, 5.41) is 9.41. The maximum absolute atomic E-state index is 11.5. The van der Waals surface area contributed by atoms with Crippen LogP contribution in [0.25, 0.3) is 0 Å². The lowest BCUT2D eigenvalue weighted by Crippen LogP contribution is -2.30. The van der Waals surface area contributed by atoms with Gasteiger partial charge in [0, 0.05) is 6.07 Å². The largest absolute Gasteiger partial charge is 0.480 e. The molecule has 0 amide bonds. The van der Waals surface area contributed by atoms with Gasteiger partial charge < -0.3 is 9.84 Å². The van der Waals surface area contributed by atoms with E-state index in [1.807, 2.05) is 0 Å². The second-order valence-corrected chi connectivity index (χ2v) is 3.93. The summed E-state index contributed by atoms with van der Waals surface area (Å²) >= 11 is 1.02. The number of nitrogens with zero attached hydrogens (tertiary/aromatic N) is 1. The molecule has 0 bridgehead atoms. The fraction of sp³-hybridized carbons (Fsp3) is 0.500. The quantitative estimate of drug-likeness (QED) is 0.744. The molecule has 1 N–H and O–H groups in total. The van der Waals surface area contributed by atoms with Crippen molar-refractivity contribution in [1.82, 2.24) is 4.37 Å². The predicted octanol–water partition coefficient (Wildman–Crippen LogP) is 1.11. The van der Waals surface area contributed by atoms with E-state index in [-0.39, 0.29) is 5.78 Å². The van der Waals surface area contributed by atoms with Crippen molar-refractivity contribution in [2.75, 3.05) is 7.11 Å². The molecule has 0 spiro atoms. The first-order chi connectivity index (χ1) is 5.95. The van der Waals surface area contributed by atoms with Crippen LogP contribution in [0.4, 0.5) is 0 Å². The summed E-state index contributed by atoms with van der Waals surface area (Å²) in [6.45, 7) is 2.89. The van der Waals surface area contributed by atoms with Gasteiger partial charge in [-0.05, 0) is 25.4 Å². The molecular weight excluding hydrogens is 190 g/mol. The summed E-state index contributed by atoms with van der Waals surface area (Å²) in [6.07, 6.45) is 0. The zero-order chi connectivity index (χ0) is 10.1. The van der Waals surface area contributed by atoms with Gasteiger partial charge in [0.1, 0.15) is 5.60 Å². The van der Waals surface area contributed by atoms with E-state index in [0.29, 0.717) is 10.8 Å². The number of ether oxygens (including phenoxy) is 1. The van der Waals surface area contributed by atoms with Crippen LogP contribution >= 0.6 is 11.5 Å². The van der Waals surface area contributed by atoms with Gasteiger partial charge >= 0.3 is 0 Å². The highest BCUT2D eigenvalue weighted by atomic mass is 32.1. The first-order valence-electron chi connectivity index (χ1n) is 3.73. The van der Waals surface area contributed by atoms with Gasteiger partial charge in [-0.1, -0.05) is 0 Å². The SMILES string of the molecule is COc1cc(C(=O)C(C)(C)O)sn1. The average Bonchev–Trinajstić information content (AvgIpc) is 2.48. The number of hydrogen-bond donors (Lipinski definition) is 1. The monoisotopic (exact) mass is 201 g/mol. The number of ketones is 1. The number of aliphatic hydroxyl groups is 1. The van der Waals surface area contributed by atoms with Crippen LogP contribution in [0.15, 0.2) is 6.07 Å². The van der Waals surface area contributed by atoms with Crippen LogP contribution in [-0.2, 0) is 0 Å². The highest BCUT2D eigenvalue weighted by Gasteiger charge is 2.27. The zero-order valence-corrected chi connectivity index (χ0v) is 8.51. The van der Waals surface area contributed by atoms with Crippen molar-refractivity contribution < 1.29 is 14.6 Å². The van der Waals surface area contributed by atoms with E-state index in [4.69, 9.17) is 4.74 Å². The molecule has 1 rings (SSSR count). The number of Topliss-reactive ketones (excluding diaryl/α,β-unsaturated/α-hetero) is 1.